The molecule has 1 aromatic carbocycles. The van der Waals surface area contributed by atoms with Gasteiger partial charge in [-0.2, -0.15) is 0 Å². The van der Waals surface area contributed by atoms with Crippen LogP contribution < -0.4 is 0 Å². The topological polar surface area (TPSA) is 0 Å². The van der Waals surface area contributed by atoms with Gasteiger partial charge in [-0.15, -0.1) is 0 Å². The molecule has 0 radical (unpaired) electrons. The maximum atomic E-state index is 13.8. The predicted molar refractivity (Wildman–Crippen MR) is 57.0 cm³/mol. The molecule has 0 aliphatic heterocycles. The van der Waals surface area contributed by atoms with Gasteiger partial charge < -0.3 is 0 Å². The van der Waals surface area contributed by atoms with Crippen LogP contribution in [0.5, 0.6) is 0 Å². The van der Waals surface area contributed by atoms with Gasteiger partial charge in [0.1, 0.15) is 5.82 Å². The Bertz CT molecular complexity index is 337. The van der Waals surface area contributed by atoms with Crippen LogP contribution in [0.2, 0.25) is 0 Å². The van der Waals surface area contributed by atoms with E-state index in [1.165, 1.54) is 5.56 Å². The maximum absolute atomic E-state index is 13.8. The molecule has 14 heavy (non-hydrogen) atoms. The fraction of sp³-hybridized carbons (Fsp3) is 0.538. The number of halogens is 1. The van der Waals surface area contributed by atoms with Crippen molar-refractivity contribution < 1.29 is 4.39 Å². The van der Waals surface area contributed by atoms with Crippen molar-refractivity contribution >= 4 is 0 Å². The van der Waals surface area contributed by atoms with E-state index in [0.717, 1.165) is 31.2 Å². The standard InChI is InChI=1S/C13H17F/c1-3-13(4-2)9-8-10-6-5-7-11(14)12(10)13/h5-7H,3-4,8-9H2,1-2H3. The molecule has 0 atom stereocenters. The van der Waals surface area contributed by atoms with Crippen LogP contribution in [0.25, 0.3) is 0 Å². The Morgan fingerprint density at radius 1 is 1.29 bits per heavy atom. The van der Waals surface area contributed by atoms with E-state index in [1.807, 2.05) is 6.07 Å². The monoisotopic (exact) mass is 192 g/mol. The Hall–Kier alpha value is -0.850. The van der Waals surface area contributed by atoms with Gasteiger partial charge in [0.05, 0.1) is 0 Å². The summed E-state index contributed by atoms with van der Waals surface area (Å²) in [6.45, 7) is 4.34. The Balaban J connectivity index is 2.56. The van der Waals surface area contributed by atoms with Crippen molar-refractivity contribution in [2.45, 2.75) is 44.9 Å². The maximum Gasteiger partial charge on any atom is 0.127 e. The lowest BCUT2D eigenvalue weighted by molar-refractivity contribution is 0.379. The molecule has 0 heterocycles. The van der Waals surface area contributed by atoms with Gasteiger partial charge in [0.25, 0.3) is 0 Å². The molecule has 0 amide bonds. The van der Waals surface area contributed by atoms with E-state index < -0.39 is 0 Å². The van der Waals surface area contributed by atoms with Gasteiger partial charge in [-0.25, -0.2) is 4.39 Å². The van der Waals surface area contributed by atoms with Gasteiger partial charge in [-0.1, -0.05) is 26.0 Å². The highest BCUT2D eigenvalue weighted by molar-refractivity contribution is 5.40. The highest BCUT2D eigenvalue weighted by atomic mass is 19.1. The van der Waals surface area contributed by atoms with E-state index in [9.17, 15) is 4.39 Å². The average Bonchev–Trinajstić information content (AvgIpc) is 2.59. The van der Waals surface area contributed by atoms with Crippen molar-refractivity contribution in [1.82, 2.24) is 0 Å². The van der Waals surface area contributed by atoms with Gasteiger partial charge in [0.2, 0.25) is 0 Å². The lowest BCUT2D eigenvalue weighted by Crippen LogP contribution is -2.21. The third-order valence-electron chi connectivity index (χ3n) is 3.86. The third kappa shape index (κ3) is 1.18. The number of hydrogen-bond acceptors (Lipinski definition) is 0. The first-order chi connectivity index (χ1) is 6.73. The van der Waals surface area contributed by atoms with Gasteiger partial charge in [-0.05, 0) is 48.3 Å². The third-order valence-corrected chi connectivity index (χ3v) is 3.86. The summed E-state index contributed by atoms with van der Waals surface area (Å²) in [6, 6.07) is 5.51. The van der Waals surface area contributed by atoms with E-state index >= 15 is 0 Å². The Labute approximate surface area is 85.1 Å². The molecule has 0 saturated carbocycles. The van der Waals surface area contributed by atoms with Crippen molar-refractivity contribution in [2.75, 3.05) is 0 Å². The second-order valence-electron chi connectivity index (χ2n) is 4.26. The molecular formula is C13H17F. The van der Waals surface area contributed by atoms with E-state index in [0.29, 0.717) is 0 Å². The first-order valence-corrected chi connectivity index (χ1v) is 5.51. The van der Waals surface area contributed by atoms with Crippen LogP contribution >= 0.6 is 0 Å². The molecule has 2 rings (SSSR count). The van der Waals surface area contributed by atoms with E-state index in [1.54, 1.807) is 6.07 Å². The fourth-order valence-electron chi connectivity index (χ4n) is 2.83. The van der Waals surface area contributed by atoms with Crippen LogP contribution in [0.4, 0.5) is 4.39 Å². The normalized spacial score (nSPS) is 18.2. The fourth-order valence-corrected chi connectivity index (χ4v) is 2.83. The second-order valence-corrected chi connectivity index (χ2v) is 4.26. The molecular weight excluding hydrogens is 175 g/mol. The van der Waals surface area contributed by atoms with Gasteiger partial charge in [0, 0.05) is 0 Å². The molecule has 76 valence electrons. The summed E-state index contributed by atoms with van der Waals surface area (Å²) in [5.41, 5.74) is 2.36. The van der Waals surface area contributed by atoms with Crippen molar-refractivity contribution in [2.24, 2.45) is 0 Å². The molecule has 1 aromatic rings. The smallest absolute Gasteiger partial charge is 0.127 e. The molecule has 0 aromatic heterocycles. The summed E-state index contributed by atoms with van der Waals surface area (Å²) in [5.74, 6) is 0.00343. The first kappa shape index (κ1) is 9.70. The highest BCUT2D eigenvalue weighted by Gasteiger charge is 2.37. The Morgan fingerprint density at radius 2 is 2.00 bits per heavy atom. The van der Waals surface area contributed by atoms with E-state index in [4.69, 9.17) is 0 Å². The second kappa shape index (κ2) is 3.38. The quantitative estimate of drug-likeness (QED) is 0.668. The summed E-state index contributed by atoms with van der Waals surface area (Å²) >= 11 is 0. The number of aryl methyl sites for hydroxylation is 1. The molecule has 0 fully saturated rings. The first-order valence-electron chi connectivity index (χ1n) is 5.51. The van der Waals surface area contributed by atoms with E-state index in [-0.39, 0.29) is 11.2 Å². The Kier molecular flexibility index (Phi) is 2.34. The van der Waals surface area contributed by atoms with Gasteiger partial charge >= 0.3 is 0 Å². The minimum Gasteiger partial charge on any atom is -0.207 e. The molecule has 0 saturated heterocycles. The molecule has 1 aliphatic rings. The highest BCUT2D eigenvalue weighted by Crippen LogP contribution is 2.44. The molecule has 0 unspecified atom stereocenters. The van der Waals surface area contributed by atoms with Crippen LogP contribution in [0, 0.1) is 5.82 Å². The van der Waals surface area contributed by atoms with Crippen molar-refractivity contribution in [3.05, 3.63) is 35.1 Å². The zero-order valence-electron chi connectivity index (χ0n) is 8.94. The molecule has 0 nitrogen and oxygen atoms in total. The van der Waals surface area contributed by atoms with Crippen LogP contribution in [0.15, 0.2) is 18.2 Å². The molecule has 0 bridgehead atoms. The zero-order chi connectivity index (χ0) is 10.2. The molecule has 1 aliphatic carbocycles. The molecule has 0 spiro atoms. The van der Waals surface area contributed by atoms with Crippen molar-refractivity contribution in [3.8, 4) is 0 Å². The van der Waals surface area contributed by atoms with Gasteiger partial charge in [-0.3, -0.25) is 0 Å². The minimum absolute atomic E-state index is 0.00343. The van der Waals surface area contributed by atoms with Crippen LogP contribution in [0.3, 0.4) is 0 Å². The van der Waals surface area contributed by atoms with Crippen LogP contribution in [-0.2, 0) is 11.8 Å². The summed E-state index contributed by atoms with van der Waals surface area (Å²) < 4.78 is 13.8. The van der Waals surface area contributed by atoms with Crippen molar-refractivity contribution in [3.63, 3.8) is 0 Å². The predicted octanol–water partition coefficient (Wildman–Crippen LogP) is 3.83. The zero-order valence-corrected chi connectivity index (χ0v) is 8.94. The van der Waals surface area contributed by atoms with Gasteiger partial charge in [0.15, 0.2) is 0 Å². The number of hydrogen-bond donors (Lipinski definition) is 0. The van der Waals surface area contributed by atoms with Crippen LogP contribution in [0.1, 0.15) is 44.2 Å². The number of rotatable bonds is 2. The number of fused-ring (bicyclic) bond motifs is 1. The number of benzene rings is 1. The van der Waals surface area contributed by atoms with Crippen molar-refractivity contribution in [1.29, 1.82) is 0 Å². The lowest BCUT2D eigenvalue weighted by Gasteiger charge is -2.27. The summed E-state index contributed by atoms with van der Waals surface area (Å²) in [4.78, 5) is 0. The molecule has 1 heteroatoms. The van der Waals surface area contributed by atoms with Crippen LogP contribution in [-0.4, -0.2) is 0 Å². The molecule has 0 N–H and O–H groups in total. The Morgan fingerprint density at radius 3 is 2.64 bits per heavy atom. The summed E-state index contributed by atoms with van der Waals surface area (Å²) in [7, 11) is 0. The minimum atomic E-state index is 0.00343. The average molecular weight is 192 g/mol. The summed E-state index contributed by atoms with van der Waals surface area (Å²) in [5, 5.41) is 0. The van der Waals surface area contributed by atoms with E-state index in [2.05, 4.69) is 19.9 Å². The SMILES string of the molecule is CCC1(CC)CCc2cccc(F)c21. The summed E-state index contributed by atoms with van der Waals surface area (Å²) in [6.07, 6.45) is 4.28. The lowest BCUT2D eigenvalue weighted by atomic mass is 9.77. The largest absolute Gasteiger partial charge is 0.207 e.